The number of para-hydroxylation sites is 1. The maximum absolute atomic E-state index is 12.5. The largest absolute Gasteiger partial charge is 0.449 e. The Balaban J connectivity index is 1.55. The summed E-state index contributed by atoms with van der Waals surface area (Å²) in [6.45, 7) is 9.93. The molecule has 29 heavy (non-hydrogen) atoms. The van der Waals surface area contributed by atoms with Crippen LogP contribution in [-0.4, -0.2) is 44.3 Å². The molecule has 1 saturated heterocycles. The summed E-state index contributed by atoms with van der Waals surface area (Å²) in [6.07, 6.45) is -0.890. The highest BCUT2D eigenvalue weighted by molar-refractivity contribution is 5.98. The van der Waals surface area contributed by atoms with Crippen LogP contribution < -0.4 is 10.2 Å². The van der Waals surface area contributed by atoms with Gasteiger partial charge in [0.25, 0.3) is 5.91 Å². The van der Waals surface area contributed by atoms with Gasteiger partial charge in [0.05, 0.1) is 18.8 Å². The van der Waals surface area contributed by atoms with Crippen LogP contribution in [0.4, 0.5) is 5.69 Å². The van der Waals surface area contributed by atoms with Crippen LogP contribution in [0.2, 0.25) is 0 Å². The fraction of sp³-hybridized carbons (Fsp3) is 0.391. The van der Waals surface area contributed by atoms with Gasteiger partial charge in [-0.15, -0.1) is 0 Å². The minimum atomic E-state index is -0.890. The molecule has 154 valence electrons. The van der Waals surface area contributed by atoms with E-state index in [1.807, 2.05) is 44.2 Å². The lowest BCUT2D eigenvalue weighted by Gasteiger charge is -2.23. The van der Waals surface area contributed by atoms with Gasteiger partial charge in [0.15, 0.2) is 6.10 Å². The van der Waals surface area contributed by atoms with Gasteiger partial charge in [-0.05, 0) is 44.0 Å². The van der Waals surface area contributed by atoms with E-state index >= 15 is 0 Å². The number of nitrogens with one attached hydrogen (secondary N) is 2. The second-order valence-corrected chi connectivity index (χ2v) is 7.54. The zero-order valence-corrected chi connectivity index (χ0v) is 17.3. The van der Waals surface area contributed by atoms with Gasteiger partial charge in [-0.25, -0.2) is 4.79 Å². The summed E-state index contributed by atoms with van der Waals surface area (Å²) < 4.78 is 10.7. The SMILES string of the molecule is Cc1cccc(C)c1NC(=O)[C@@H](C)OC(=O)c1ccc(C[NH+]2CCOCC2)cc1. The Morgan fingerprint density at radius 3 is 2.31 bits per heavy atom. The molecular weight excluding hydrogens is 368 g/mol. The van der Waals surface area contributed by atoms with Crippen molar-refractivity contribution in [2.45, 2.75) is 33.4 Å². The first-order valence-corrected chi connectivity index (χ1v) is 10.0. The average molecular weight is 397 g/mol. The predicted molar refractivity (Wildman–Crippen MR) is 111 cm³/mol. The molecule has 1 aliphatic heterocycles. The normalized spacial score (nSPS) is 15.6. The number of ether oxygens (including phenoxy) is 2. The van der Waals surface area contributed by atoms with Crippen molar-refractivity contribution < 1.29 is 24.0 Å². The van der Waals surface area contributed by atoms with Crippen molar-refractivity contribution in [2.24, 2.45) is 0 Å². The van der Waals surface area contributed by atoms with Gasteiger partial charge >= 0.3 is 5.97 Å². The zero-order valence-electron chi connectivity index (χ0n) is 17.3. The fourth-order valence-electron chi connectivity index (χ4n) is 3.40. The Morgan fingerprint density at radius 1 is 1.07 bits per heavy atom. The molecule has 2 aromatic carbocycles. The van der Waals surface area contributed by atoms with Crippen LogP contribution in [0, 0.1) is 13.8 Å². The fourth-order valence-corrected chi connectivity index (χ4v) is 3.40. The van der Waals surface area contributed by atoms with Gasteiger partial charge in [-0.3, -0.25) is 4.79 Å². The first-order chi connectivity index (χ1) is 13.9. The maximum Gasteiger partial charge on any atom is 0.338 e. The van der Waals surface area contributed by atoms with Crippen LogP contribution in [0.3, 0.4) is 0 Å². The van der Waals surface area contributed by atoms with Gasteiger partial charge in [-0.1, -0.05) is 30.3 Å². The highest BCUT2D eigenvalue weighted by Crippen LogP contribution is 2.20. The molecule has 0 radical (unpaired) electrons. The van der Waals surface area contributed by atoms with Gasteiger partial charge in [0, 0.05) is 11.3 Å². The van der Waals surface area contributed by atoms with Crippen molar-refractivity contribution >= 4 is 17.6 Å². The summed E-state index contributed by atoms with van der Waals surface area (Å²) in [5, 5.41) is 2.86. The third-order valence-corrected chi connectivity index (χ3v) is 5.23. The van der Waals surface area contributed by atoms with Crippen molar-refractivity contribution in [3.8, 4) is 0 Å². The van der Waals surface area contributed by atoms with Crippen LogP contribution in [0.5, 0.6) is 0 Å². The van der Waals surface area contributed by atoms with Crippen molar-refractivity contribution in [2.75, 3.05) is 31.6 Å². The first-order valence-electron chi connectivity index (χ1n) is 10.0. The highest BCUT2D eigenvalue weighted by atomic mass is 16.5. The minimum Gasteiger partial charge on any atom is -0.449 e. The lowest BCUT2D eigenvalue weighted by atomic mass is 10.1. The van der Waals surface area contributed by atoms with E-state index in [1.165, 1.54) is 10.5 Å². The number of aryl methyl sites for hydroxylation is 2. The second-order valence-electron chi connectivity index (χ2n) is 7.54. The zero-order chi connectivity index (χ0) is 20.8. The maximum atomic E-state index is 12.5. The van der Waals surface area contributed by atoms with E-state index < -0.39 is 12.1 Å². The van der Waals surface area contributed by atoms with Crippen molar-refractivity contribution in [1.82, 2.24) is 0 Å². The number of hydrogen-bond donors (Lipinski definition) is 2. The van der Waals surface area contributed by atoms with Crippen molar-refractivity contribution in [3.05, 3.63) is 64.7 Å². The highest BCUT2D eigenvalue weighted by Gasteiger charge is 2.20. The molecule has 1 fully saturated rings. The summed E-state index contributed by atoms with van der Waals surface area (Å²) in [4.78, 5) is 26.4. The smallest absolute Gasteiger partial charge is 0.338 e. The van der Waals surface area contributed by atoms with E-state index in [0.717, 1.165) is 49.7 Å². The standard InChI is InChI=1S/C23H28N2O4/c1-16-5-4-6-17(2)21(16)24-22(26)18(3)29-23(27)20-9-7-19(8-10-20)15-25-11-13-28-14-12-25/h4-10,18H,11-15H2,1-3H3,(H,24,26)/p+1/t18-/m1/s1. The van der Waals surface area contributed by atoms with Gasteiger partial charge in [0.2, 0.25) is 0 Å². The van der Waals surface area contributed by atoms with Gasteiger partial charge in [-0.2, -0.15) is 0 Å². The lowest BCUT2D eigenvalue weighted by molar-refractivity contribution is -0.921. The molecule has 6 nitrogen and oxygen atoms in total. The van der Waals surface area contributed by atoms with E-state index in [2.05, 4.69) is 5.32 Å². The number of esters is 1. The molecule has 0 unspecified atom stereocenters. The summed E-state index contributed by atoms with van der Waals surface area (Å²) in [7, 11) is 0. The van der Waals surface area contributed by atoms with E-state index in [4.69, 9.17) is 9.47 Å². The number of amides is 1. The number of rotatable bonds is 6. The molecule has 2 N–H and O–H groups in total. The Kier molecular flexibility index (Phi) is 7.01. The van der Waals surface area contributed by atoms with E-state index in [9.17, 15) is 9.59 Å². The first kappa shape index (κ1) is 21.0. The molecule has 0 bridgehead atoms. The number of anilines is 1. The summed E-state index contributed by atoms with van der Waals surface area (Å²) in [5.74, 6) is -0.845. The Bertz CT molecular complexity index is 837. The molecule has 0 aliphatic carbocycles. The Morgan fingerprint density at radius 2 is 1.69 bits per heavy atom. The number of morpholine rings is 1. The molecule has 0 aromatic heterocycles. The number of carbonyl (C=O) groups excluding carboxylic acids is 2. The number of quaternary nitrogens is 1. The molecule has 0 saturated carbocycles. The number of carbonyl (C=O) groups is 2. The molecule has 3 rings (SSSR count). The summed E-state index contributed by atoms with van der Waals surface area (Å²) in [6, 6.07) is 13.2. The van der Waals surface area contributed by atoms with Crippen LogP contribution >= 0.6 is 0 Å². The monoisotopic (exact) mass is 397 g/mol. The van der Waals surface area contributed by atoms with Crippen LogP contribution in [0.25, 0.3) is 0 Å². The molecular formula is C23H29N2O4+. The molecule has 0 spiro atoms. The molecule has 1 atom stereocenters. The quantitative estimate of drug-likeness (QED) is 0.731. The van der Waals surface area contributed by atoms with E-state index in [1.54, 1.807) is 19.1 Å². The summed E-state index contributed by atoms with van der Waals surface area (Å²) in [5.41, 5.74) is 4.30. The van der Waals surface area contributed by atoms with Gasteiger partial charge in [0.1, 0.15) is 19.6 Å². The topological polar surface area (TPSA) is 69.1 Å². The molecule has 2 aromatic rings. The van der Waals surface area contributed by atoms with Crippen LogP contribution in [-0.2, 0) is 20.8 Å². The Hall–Kier alpha value is -2.70. The van der Waals surface area contributed by atoms with Crippen molar-refractivity contribution in [3.63, 3.8) is 0 Å². The summed E-state index contributed by atoms with van der Waals surface area (Å²) >= 11 is 0. The third-order valence-electron chi connectivity index (χ3n) is 5.23. The number of benzene rings is 2. The molecule has 6 heteroatoms. The van der Waals surface area contributed by atoms with Crippen molar-refractivity contribution in [1.29, 1.82) is 0 Å². The third kappa shape index (κ3) is 5.65. The Labute approximate surface area is 171 Å². The average Bonchev–Trinajstić information content (AvgIpc) is 2.72. The molecule has 1 amide bonds. The minimum absolute atomic E-state index is 0.344. The second kappa shape index (κ2) is 9.67. The van der Waals surface area contributed by atoms with E-state index in [0.29, 0.717) is 5.56 Å². The number of hydrogen-bond acceptors (Lipinski definition) is 4. The van der Waals surface area contributed by atoms with E-state index in [-0.39, 0.29) is 5.91 Å². The predicted octanol–water partition coefficient (Wildman–Crippen LogP) is 1.90. The molecule has 1 heterocycles. The lowest BCUT2D eigenvalue weighted by Crippen LogP contribution is -3.12. The van der Waals surface area contributed by atoms with Crippen LogP contribution in [0.15, 0.2) is 42.5 Å². The van der Waals surface area contributed by atoms with Gasteiger partial charge < -0.3 is 19.7 Å². The van der Waals surface area contributed by atoms with Crippen LogP contribution in [0.1, 0.15) is 34.0 Å². The molecule has 1 aliphatic rings.